The van der Waals surface area contributed by atoms with E-state index in [1.807, 2.05) is 58.9 Å². The highest BCUT2D eigenvalue weighted by atomic mass is 16.6. The summed E-state index contributed by atoms with van der Waals surface area (Å²) < 4.78 is 5.36. The van der Waals surface area contributed by atoms with Gasteiger partial charge in [-0.3, -0.25) is 14.4 Å². The Morgan fingerprint density at radius 1 is 1.05 bits per heavy atom. The van der Waals surface area contributed by atoms with Gasteiger partial charge in [0.1, 0.15) is 17.7 Å². The van der Waals surface area contributed by atoms with Gasteiger partial charge in [0.05, 0.1) is 0 Å². The van der Waals surface area contributed by atoms with Crippen LogP contribution in [-0.2, 0) is 19.1 Å². The van der Waals surface area contributed by atoms with Gasteiger partial charge in [0.25, 0.3) is 0 Å². The maximum atomic E-state index is 14.1. The monoisotopic (exact) mass is 518 g/mol. The molecule has 0 saturated carbocycles. The van der Waals surface area contributed by atoms with E-state index in [9.17, 15) is 19.2 Å². The number of carbonyl (C=O) groups excluding carboxylic acids is 4. The molecule has 208 valence electrons. The van der Waals surface area contributed by atoms with E-state index >= 15 is 0 Å². The Morgan fingerprint density at radius 3 is 2.22 bits per heavy atom. The second-order valence-corrected chi connectivity index (χ2v) is 10.7. The van der Waals surface area contributed by atoms with Gasteiger partial charge in [0.15, 0.2) is 0 Å². The minimum absolute atomic E-state index is 0.0191. The molecule has 0 saturated heterocycles. The number of amides is 4. The summed E-state index contributed by atoms with van der Waals surface area (Å²) in [6.45, 7) is 14.8. The molecule has 0 aliphatic rings. The molecular weight excluding hydrogens is 472 g/mol. The smallest absolute Gasteiger partial charge is 0.408 e. The lowest BCUT2D eigenvalue weighted by atomic mass is 9.97. The zero-order chi connectivity index (χ0) is 28.3. The number of ether oxygens (including phenoxy) is 1. The fraction of sp³-hybridized carbons (Fsp3) is 0.643. The highest BCUT2D eigenvalue weighted by Gasteiger charge is 2.38. The number of hydrogen-bond donors (Lipinski definition) is 3. The first kappa shape index (κ1) is 31.9. The molecule has 1 aromatic rings. The quantitative estimate of drug-likeness (QED) is 0.361. The molecule has 1 aromatic carbocycles. The number of nitrogens with one attached hydrogen (secondary N) is 2. The third-order valence-corrected chi connectivity index (χ3v) is 5.98. The zero-order valence-corrected chi connectivity index (χ0v) is 23.7. The Hall–Kier alpha value is -3.10. The number of nitrogens with two attached hydrogens (primary N) is 1. The van der Waals surface area contributed by atoms with E-state index in [0.717, 1.165) is 18.4 Å². The highest BCUT2D eigenvalue weighted by Crippen LogP contribution is 2.28. The van der Waals surface area contributed by atoms with Gasteiger partial charge in [-0.05, 0) is 66.4 Å². The summed E-state index contributed by atoms with van der Waals surface area (Å²) in [7, 11) is 0. The van der Waals surface area contributed by atoms with Crippen LogP contribution in [0.4, 0.5) is 4.79 Å². The van der Waals surface area contributed by atoms with Crippen molar-refractivity contribution in [3.05, 3.63) is 35.4 Å². The van der Waals surface area contributed by atoms with Gasteiger partial charge in [-0.2, -0.15) is 0 Å². The van der Waals surface area contributed by atoms with Crippen LogP contribution in [0, 0.1) is 6.92 Å². The number of hydrogen-bond acceptors (Lipinski definition) is 5. The largest absolute Gasteiger partial charge is 0.444 e. The van der Waals surface area contributed by atoms with Gasteiger partial charge >= 0.3 is 6.09 Å². The maximum Gasteiger partial charge on any atom is 0.408 e. The fourth-order valence-corrected chi connectivity index (χ4v) is 4.07. The third-order valence-electron chi connectivity index (χ3n) is 5.98. The lowest BCUT2D eigenvalue weighted by Crippen LogP contribution is -2.56. The van der Waals surface area contributed by atoms with E-state index in [0.29, 0.717) is 12.0 Å². The van der Waals surface area contributed by atoms with Crippen molar-refractivity contribution in [2.75, 3.05) is 0 Å². The number of primary amides is 1. The SMILES string of the molecule is CCCC(C)NC(=O)C(c1cccc(C)c1)N(C(=O)C(CCC(N)=O)NC(=O)OC(C)(C)C)C(C)CC. The molecule has 4 amide bonds. The summed E-state index contributed by atoms with van der Waals surface area (Å²) in [5.41, 5.74) is 6.20. The van der Waals surface area contributed by atoms with Crippen LogP contribution in [0.15, 0.2) is 24.3 Å². The molecule has 0 aromatic heterocycles. The first-order valence-corrected chi connectivity index (χ1v) is 13.2. The molecular formula is C28H46N4O5. The molecule has 0 aliphatic heterocycles. The van der Waals surface area contributed by atoms with Crippen LogP contribution in [0.5, 0.6) is 0 Å². The first-order chi connectivity index (χ1) is 17.2. The Kier molecular flexibility index (Phi) is 12.6. The van der Waals surface area contributed by atoms with E-state index in [1.54, 1.807) is 20.8 Å². The molecule has 0 bridgehead atoms. The van der Waals surface area contributed by atoms with Crippen LogP contribution >= 0.6 is 0 Å². The lowest BCUT2D eigenvalue weighted by molar-refractivity contribution is -0.145. The molecule has 9 nitrogen and oxygen atoms in total. The molecule has 1 rings (SSSR count). The number of aryl methyl sites for hydroxylation is 1. The molecule has 0 aliphatic carbocycles. The van der Waals surface area contributed by atoms with Crippen molar-refractivity contribution in [3.63, 3.8) is 0 Å². The molecule has 0 spiro atoms. The van der Waals surface area contributed by atoms with Gasteiger partial charge in [-0.1, -0.05) is 50.1 Å². The number of carbonyl (C=O) groups is 4. The van der Waals surface area contributed by atoms with Crippen LogP contribution in [0.25, 0.3) is 0 Å². The van der Waals surface area contributed by atoms with E-state index in [-0.39, 0.29) is 30.8 Å². The summed E-state index contributed by atoms with van der Waals surface area (Å²) in [6.07, 6.45) is 1.35. The van der Waals surface area contributed by atoms with Gasteiger partial charge < -0.3 is 26.0 Å². The summed E-state index contributed by atoms with van der Waals surface area (Å²) >= 11 is 0. The maximum absolute atomic E-state index is 14.1. The number of benzene rings is 1. The molecule has 37 heavy (non-hydrogen) atoms. The second kappa shape index (κ2) is 14.6. The van der Waals surface area contributed by atoms with Gasteiger partial charge in [-0.25, -0.2) is 4.79 Å². The normalized spacial score (nSPS) is 14.6. The first-order valence-electron chi connectivity index (χ1n) is 13.2. The van der Waals surface area contributed by atoms with Crippen LogP contribution < -0.4 is 16.4 Å². The molecule has 0 heterocycles. The third kappa shape index (κ3) is 10.8. The van der Waals surface area contributed by atoms with Gasteiger partial charge in [0, 0.05) is 18.5 Å². The lowest BCUT2D eigenvalue weighted by Gasteiger charge is -2.38. The Labute approximate surface area is 221 Å². The van der Waals surface area contributed by atoms with Crippen LogP contribution in [0.2, 0.25) is 0 Å². The molecule has 0 radical (unpaired) electrons. The molecule has 0 fully saturated rings. The average Bonchev–Trinajstić information content (AvgIpc) is 2.77. The molecule has 4 atom stereocenters. The number of rotatable bonds is 13. The number of nitrogens with zero attached hydrogens (tertiary/aromatic N) is 1. The van der Waals surface area contributed by atoms with E-state index in [1.165, 1.54) is 4.90 Å². The van der Waals surface area contributed by atoms with Crippen LogP contribution in [0.3, 0.4) is 0 Å². The molecule has 4 N–H and O–H groups in total. The Morgan fingerprint density at radius 2 is 1.70 bits per heavy atom. The number of alkyl carbamates (subject to hydrolysis) is 1. The Balaban J connectivity index is 3.54. The second-order valence-electron chi connectivity index (χ2n) is 10.7. The van der Waals surface area contributed by atoms with Gasteiger partial charge in [0.2, 0.25) is 17.7 Å². The van der Waals surface area contributed by atoms with Crippen molar-refractivity contribution >= 4 is 23.8 Å². The standard InChI is InChI=1S/C28H46N4O5/c1-9-12-19(4)30-25(34)24(21-14-11-13-18(3)17-21)32(20(5)10-2)26(35)22(15-16-23(29)33)31-27(36)37-28(6,7)8/h11,13-14,17,19-20,22,24H,9-10,12,15-16H2,1-8H3,(H2,29,33)(H,30,34)(H,31,36). The molecule has 4 unspecified atom stereocenters. The van der Waals surface area contributed by atoms with Crippen molar-refractivity contribution in [2.45, 2.75) is 117 Å². The van der Waals surface area contributed by atoms with Crippen LogP contribution in [0.1, 0.15) is 97.7 Å². The summed E-state index contributed by atoms with van der Waals surface area (Å²) in [4.78, 5) is 53.5. The summed E-state index contributed by atoms with van der Waals surface area (Å²) in [5.74, 6) is -1.38. The predicted molar refractivity (Wildman–Crippen MR) is 145 cm³/mol. The van der Waals surface area contributed by atoms with Gasteiger partial charge in [-0.15, -0.1) is 0 Å². The highest BCUT2D eigenvalue weighted by molar-refractivity contribution is 5.92. The van der Waals surface area contributed by atoms with Crippen LogP contribution in [-0.4, -0.2) is 52.4 Å². The van der Waals surface area contributed by atoms with E-state index < -0.39 is 35.6 Å². The predicted octanol–water partition coefficient (Wildman–Crippen LogP) is 4.13. The fourth-order valence-electron chi connectivity index (χ4n) is 4.07. The minimum Gasteiger partial charge on any atom is -0.444 e. The van der Waals surface area contributed by atoms with Crippen molar-refractivity contribution < 1.29 is 23.9 Å². The molecule has 9 heteroatoms. The van der Waals surface area contributed by atoms with Crippen molar-refractivity contribution in [1.82, 2.24) is 15.5 Å². The van der Waals surface area contributed by atoms with E-state index in [4.69, 9.17) is 10.5 Å². The van der Waals surface area contributed by atoms with Crippen molar-refractivity contribution in [3.8, 4) is 0 Å². The zero-order valence-electron chi connectivity index (χ0n) is 23.7. The average molecular weight is 519 g/mol. The topological polar surface area (TPSA) is 131 Å². The Bertz CT molecular complexity index is 927. The van der Waals surface area contributed by atoms with Crippen molar-refractivity contribution in [2.24, 2.45) is 5.73 Å². The summed E-state index contributed by atoms with van der Waals surface area (Å²) in [6, 6.07) is 5.02. The van der Waals surface area contributed by atoms with Crippen molar-refractivity contribution in [1.29, 1.82) is 0 Å². The minimum atomic E-state index is -1.11. The summed E-state index contributed by atoms with van der Waals surface area (Å²) in [5, 5.41) is 5.67. The van der Waals surface area contributed by atoms with E-state index in [2.05, 4.69) is 10.6 Å².